The van der Waals surface area contributed by atoms with Crippen LogP contribution in [0.25, 0.3) is 0 Å². The lowest BCUT2D eigenvalue weighted by Gasteiger charge is -2.48. The van der Waals surface area contributed by atoms with E-state index in [0.717, 1.165) is 0 Å². The Morgan fingerprint density at radius 3 is 2.43 bits per heavy atom. The van der Waals surface area contributed by atoms with Crippen molar-refractivity contribution in [1.82, 2.24) is 0 Å². The van der Waals surface area contributed by atoms with E-state index in [1.807, 2.05) is 19.1 Å². The lowest BCUT2D eigenvalue weighted by molar-refractivity contribution is -0.274. The molecule has 1 N–H and O–H groups in total. The van der Waals surface area contributed by atoms with E-state index in [2.05, 4.69) is 22.0 Å². The lowest BCUT2D eigenvalue weighted by Crippen LogP contribution is -2.58. The van der Waals surface area contributed by atoms with Gasteiger partial charge in [0.2, 0.25) is 17.1 Å². The zero-order valence-corrected chi connectivity index (χ0v) is 17.3. The van der Waals surface area contributed by atoms with Crippen LogP contribution in [0.4, 0.5) is 0 Å². The van der Waals surface area contributed by atoms with Crippen molar-refractivity contribution in [3.8, 4) is 24.0 Å². The maximum Gasteiger partial charge on any atom is 0.214 e. The summed E-state index contributed by atoms with van der Waals surface area (Å²) < 4.78 is 17.8. The van der Waals surface area contributed by atoms with Crippen LogP contribution in [0.5, 0.6) is 5.75 Å². The van der Waals surface area contributed by atoms with Gasteiger partial charge in [0.25, 0.3) is 0 Å². The van der Waals surface area contributed by atoms with E-state index >= 15 is 0 Å². The highest BCUT2D eigenvalue weighted by molar-refractivity contribution is 9.10. The van der Waals surface area contributed by atoms with Gasteiger partial charge in [-0.25, -0.2) is 0 Å². The fourth-order valence-corrected chi connectivity index (χ4v) is 5.02. The molecule has 4 atom stereocenters. The summed E-state index contributed by atoms with van der Waals surface area (Å²) in [5.41, 5.74) is -3.14. The Bertz CT molecular complexity index is 946. The standard InChI is InChI=1S/C20H19BrN4O3/c1-4-5-15-18(2)27-16(12-6-7-14(26-3)13(21)8-12)19(9-22,10-23)20(15,11-24)17(25)28-18/h6-8,15-16,25H,4-5H2,1-3H3. The molecule has 1 aromatic carbocycles. The molecule has 28 heavy (non-hydrogen) atoms. The Morgan fingerprint density at radius 2 is 1.93 bits per heavy atom. The van der Waals surface area contributed by atoms with E-state index in [0.29, 0.717) is 28.6 Å². The van der Waals surface area contributed by atoms with Crippen LogP contribution in [0.2, 0.25) is 0 Å². The number of rotatable bonds is 4. The fraction of sp³-hybridized carbons (Fsp3) is 0.500. The Balaban J connectivity index is 2.29. The van der Waals surface area contributed by atoms with Gasteiger partial charge >= 0.3 is 0 Å². The summed E-state index contributed by atoms with van der Waals surface area (Å²) in [6.45, 7) is 3.61. The van der Waals surface area contributed by atoms with Gasteiger partial charge in [0.15, 0.2) is 5.41 Å². The molecule has 4 unspecified atom stereocenters. The van der Waals surface area contributed by atoms with E-state index in [1.54, 1.807) is 25.1 Å². The van der Waals surface area contributed by atoms with Crippen molar-refractivity contribution in [3.63, 3.8) is 0 Å². The van der Waals surface area contributed by atoms with Gasteiger partial charge in [-0.05, 0) is 40.0 Å². The Hall–Kier alpha value is -2.60. The minimum absolute atomic E-state index is 0.380. The van der Waals surface area contributed by atoms with Crippen LogP contribution in [0, 0.1) is 56.2 Å². The summed E-state index contributed by atoms with van der Waals surface area (Å²) >= 11 is 3.41. The molecule has 8 heteroatoms. The highest BCUT2D eigenvalue weighted by Crippen LogP contribution is 2.67. The van der Waals surface area contributed by atoms with Gasteiger partial charge in [0, 0.05) is 6.92 Å². The molecular formula is C20H19BrN4O3. The van der Waals surface area contributed by atoms with E-state index in [-0.39, 0.29) is 5.90 Å². The Kier molecular flexibility index (Phi) is 4.88. The summed E-state index contributed by atoms with van der Waals surface area (Å²) in [6, 6.07) is 11.3. The second-order valence-corrected chi connectivity index (χ2v) is 7.99. The largest absolute Gasteiger partial charge is 0.496 e. The van der Waals surface area contributed by atoms with E-state index in [9.17, 15) is 15.8 Å². The fourth-order valence-electron chi connectivity index (χ4n) is 4.46. The van der Waals surface area contributed by atoms with Crippen molar-refractivity contribution in [2.45, 2.75) is 38.6 Å². The Morgan fingerprint density at radius 1 is 1.25 bits per heavy atom. The van der Waals surface area contributed by atoms with Gasteiger partial charge < -0.3 is 14.2 Å². The number of nitrogens with zero attached hydrogens (tertiary/aromatic N) is 3. The number of benzene rings is 1. The number of nitriles is 3. The van der Waals surface area contributed by atoms with Crippen molar-refractivity contribution < 1.29 is 14.2 Å². The first kappa shape index (κ1) is 20.1. The van der Waals surface area contributed by atoms with Crippen LogP contribution in [0.15, 0.2) is 22.7 Å². The van der Waals surface area contributed by atoms with Gasteiger partial charge in [-0.3, -0.25) is 5.41 Å². The molecule has 2 saturated heterocycles. The minimum Gasteiger partial charge on any atom is -0.496 e. The first-order valence-electron chi connectivity index (χ1n) is 8.83. The van der Waals surface area contributed by atoms with Crippen LogP contribution in [-0.4, -0.2) is 18.8 Å². The molecule has 0 spiro atoms. The lowest BCUT2D eigenvalue weighted by atomic mass is 9.53. The van der Waals surface area contributed by atoms with E-state index in [1.165, 1.54) is 7.11 Å². The summed E-state index contributed by atoms with van der Waals surface area (Å²) in [7, 11) is 1.53. The van der Waals surface area contributed by atoms with Crippen molar-refractivity contribution in [3.05, 3.63) is 28.2 Å². The Labute approximate surface area is 172 Å². The third-order valence-corrected chi connectivity index (χ3v) is 6.39. The zero-order chi connectivity index (χ0) is 20.7. The number of hydrogen-bond donors (Lipinski definition) is 1. The van der Waals surface area contributed by atoms with Gasteiger partial charge in [-0.2, -0.15) is 15.8 Å². The highest BCUT2D eigenvalue weighted by Gasteiger charge is 2.79. The van der Waals surface area contributed by atoms with Gasteiger partial charge in [0.05, 0.1) is 35.7 Å². The third kappa shape index (κ3) is 2.30. The average molecular weight is 443 g/mol. The first-order valence-corrected chi connectivity index (χ1v) is 9.62. The SMILES string of the molecule is CCCC1C2(C)OC(=N)C1(C#N)C(C#N)(C#N)C(c1ccc(OC)c(Br)c1)O2. The minimum atomic E-state index is -1.94. The molecule has 2 fully saturated rings. The normalized spacial score (nSPS) is 32.5. The molecule has 0 saturated carbocycles. The molecule has 0 radical (unpaired) electrons. The number of hydrogen-bond acceptors (Lipinski definition) is 7. The molecule has 7 nitrogen and oxygen atoms in total. The molecular weight excluding hydrogens is 424 g/mol. The number of nitrogens with one attached hydrogen (secondary N) is 1. The molecule has 0 aliphatic carbocycles. The van der Waals surface area contributed by atoms with Crippen LogP contribution in [-0.2, 0) is 9.47 Å². The molecule has 2 bridgehead atoms. The summed E-state index contributed by atoms with van der Waals surface area (Å²) in [5.74, 6) is -1.69. The van der Waals surface area contributed by atoms with E-state index in [4.69, 9.17) is 19.6 Å². The van der Waals surface area contributed by atoms with Crippen molar-refractivity contribution in [1.29, 1.82) is 21.2 Å². The number of methoxy groups -OCH3 is 1. The topological polar surface area (TPSA) is 123 Å². The second kappa shape index (κ2) is 6.78. The van der Waals surface area contributed by atoms with Crippen LogP contribution < -0.4 is 4.74 Å². The summed E-state index contributed by atoms with van der Waals surface area (Å²) in [4.78, 5) is 0. The first-order chi connectivity index (χ1) is 13.3. The maximum absolute atomic E-state index is 10.2. The second-order valence-electron chi connectivity index (χ2n) is 7.13. The van der Waals surface area contributed by atoms with Crippen molar-refractivity contribution >= 4 is 21.8 Å². The van der Waals surface area contributed by atoms with Gasteiger partial charge in [0.1, 0.15) is 11.9 Å². The average Bonchev–Trinajstić information content (AvgIpc) is 2.85. The molecule has 0 amide bonds. The molecule has 3 rings (SSSR count). The smallest absolute Gasteiger partial charge is 0.214 e. The van der Waals surface area contributed by atoms with E-state index < -0.39 is 28.6 Å². The molecule has 1 aromatic rings. The number of halogens is 1. The summed E-state index contributed by atoms with van der Waals surface area (Å²) in [5, 5.41) is 38.9. The number of fused-ring (bicyclic) bond motifs is 2. The van der Waals surface area contributed by atoms with Crippen LogP contribution in [0.1, 0.15) is 38.4 Å². The molecule has 0 aromatic heterocycles. The molecule has 2 aliphatic heterocycles. The highest BCUT2D eigenvalue weighted by atomic mass is 79.9. The van der Waals surface area contributed by atoms with Crippen LogP contribution >= 0.6 is 15.9 Å². The predicted octanol–water partition coefficient (Wildman–Crippen LogP) is 4.21. The molecule has 2 aliphatic rings. The van der Waals surface area contributed by atoms with Crippen LogP contribution in [0.3, 0.4) is 0 Å². The predicted molar refractivity (Wildman–Crippen MR) is 102 cm³/mol. The summed E-state index contributed by atoms with van der Waals surface area (Å²) in [6.07, 6.45) is 0.0942. The van der Waals surface area contributed by atoms with Gasteiger partial charge in [-0.15, -0.1) is 0 Å². The monoisotopic (exact) mass is 442 g/mol. The zero-order valence-electron chi connectivity index (χ0n) is 15.7. The van der Waals surface area contributed by atoms with Crippen molar-refractivity contribution in [2.75, 3.05) is 7.11 Å². The number of ether oxygens (including phenoxy) is 3. The third-order valence-electron chi connectivity index (χ3n) is 5.77. The molecule has 2 heterocycles. The van der Waals surface area contributed by atoms with Gasteiger partial charge in [-0.1, -0.05) is 19.4 Å². The van der Waals surface area contributed by atoms with Crippen molar-refractivity contribution in [2.24, 2.45) is 16.7 Å². The molecule has 144 valence electrons. The maximum atomic E-state index is 10.2. The quantitative estimate of drug-likeness (QED) is 0.744.